The van der Waals surface area contributed by atoms with E-state index in [1.54, 1.807) is 7.11 Å². The highest BCUT2D eigenvalue weighted by Gasteiger charge is 2.46. The van der Waals surface area contributed by atoms with Crippen molar-refractivity contribution in [1.29, 1.82) is 0 Å². The molecule has 2 aromatic heterocycles. The first-order valence-electron chi connectivity index (χ1n) is 30.6. The summed E-state index contributed by atoms with van der Waals surface area (Å²) in [7, 11) is -21.1. The molecule has 1 fully saturated rings. The van der Waals surface area contributed by atoms with Gasteiger partial charge in [0.25, 0.3) is 5.56 Å². The van der Waals surface area contributed by atoms with Crippen molar-refractivity contribution < 1.29 is 146 Å². The second-order valence-electron chi connectivity index (χ2n) is 19.6. The number of rotatable bonds is 67. The van der Waals surface area contributed by atoms with Crippen LogP contribution in [-0.2, 0) is 121 Å². The lowest BCUT2D eigenvalue weighted by Crippen LogP contribution is -2.26. The SMILES string of the molecule is COCCOCCOCCOCCOCCOCCOCCOCCOCCOCCOCCOCCOCCOCCOCCOCCC(=O)NCCCCCCCNP(=O)(O)OP(=O)(O)OP(=O)(O)OP(=O)(O)OC[C@H]1O[C@@H](n2cnc3c(=O)[nH]c(N)nc32)CC1O. The van der Waals surface area contributed by atoms with E-state index in [2.05, 4.69) is 37.7 Å². The highest BCUT2D eigenvalue weighted by atomic mass is 31.3. The number of phosphoric ester groups is 1. The number of anilines is 1. The molecule has 3 rings (SSSR count). The largest absolute Gasteiger partial charge is 0.490 e. The number of nitrogens with zero attached hydrogens (tertiary/aromatic N) is 3. The van der Waals surface area contributed by atoms with Crippen molar-refractivity contribution in [3.8, 4) is 0 Å². The van der Waals surface area contributed by atoms with Crippen LogP contribution in [-0.4, -0.2) is 294 Å². The van der Waals surface area contributed by atoms with Crippen molar-refractivity contribution in [3.05, 3.63) is 16.7 Å². The Hall–Kier alpha value is -2.54. The number of carbonyl (C=O) groups excluding carboxylic acids is 1. The summed E-state index contributed by atoms with van der Waals surface area (Å²) in [6, 6.07) is 0. The maximum atomic E-state index is 12.5. The number of fused-ring (bicyclic) bond motifs is 1. The molecule has 0 radical (unpaired) electrons. The van der Waals surface area contributed by atoms with Gasteiger partial charge in [-0.1, -0.05) is 19.3 Å². The van der Waals surface area contributed by atoms with Crippen LogP contribution in [0.4, 0.5) is 5.95 Å². The third kappa shape index (κ3) is 45.2. The summed E-state index contributed by atoms with van der Waals surface area (Å²) in [6.07, 6.45) is 0.219. The average molecular weight is 1450 g/mol. The Morgan fingerprint density at radius 2 is 0.915 bits per heavy atom. The van der Waals surface area contributed by atoms with E-state index in [1.807, 2.05) is 5.09 Å². The smallest absolute Gasteiger partial charge is 0.390 e. The van der Waals surface area contributed by atoms with Gasteiger partial charge >= 0.3 is 31.2 Å². The molecule has 7 atom stereocenters. The Kier molecular flexibility index (Phi) is 48.7. The van der Waals surface area contributed by atoms with Gasteiger partial charge in [-0.15, -0.1) is 0 Å². The molecule has 10 N–H and O–H groups in total. The molecule has 39 nitrogen and oxygen atoms in total. The minimum atomic E-state index is -6.03. The van der Waals surface area contributed by atoms with Gasteiger partial charge in [-0.2, -0.15) is 17.9 Å². The summed E-state index contributed by atoms with van der Waals surface area (Å²) in [5.74, 6) is -0.420. The van der Waals surface area contributed by atoms with Crippen molar-refractivity contribution in [2.75, 3.05) is 237 Å². The van der Waals surface area contributed by atoms with Gasteiger partial charge in [0.15, 0.2) is 11.2 Å². The van der Waals surface area contributed by atoms with E-state index < -0.39 is 61.8 Å². The predicted molar refractivity (Wildman–Crippen MR) is 328 cm³/mol. The number of methoxy groups -OCH3 is 1. The van der Waals surface area contributed by atoms with Crippen molar-refractivity contribution in [1.82, 2.24) is 29.9 Å². The molecule has 2 aromatic rings. The molecule has 1 amide bonds. The number of amides is 1. The van der Waals surface area contributed by atoms with Crippen molar-refractivity contribution >= 4 is 54.2 Å². The number of aliphatic hydroxyl groups excluding tert-OH is 1. The number of aliphatic hydroxyl groups is 1. The minimum Gasteiger partial charge on any atom is -0.390 e. The molecular formula is C51H99N7O32P4. The summed E-state index contributed by atoms with van der Waals surface area (Å²) < 4.78 is 160. The second-order valence-corrected chi connectivity index (χ2v) is 26.0. The lowest BCUT2D eigenvalue weighted by Gasteiger charge is -2.21. The normalized spacial score (nSPS) is 17.7. The summed E-state index contributed by atoms with van der Waals surface area (Å²) in [5, 5.41) is 15.2. The number of nitrogen functional groups attached to an aromatic ring is 1. The molecule has 550 valence electrons. The van der Waals surface area contributed by atoms with Gasteiger partial charge in [0.1, 0.15) is 12.3 Å². The molecule has 1 saturated heterocycles. The number of H-pyrrole nitrogens is 1. The van der Waals surface area contributed by atoms with Crippen LogP contribution >= 0.6 is 31.2 Å². The third-order valence-corrected chi connectivity index (χ3v) is 18.2. The lowest BCUT2D eigenvalue weighted by atomic mass is 10.1. The average Bonchev–Trinajstić information content (AvgIpc) is 1.64. The number of phosphoric acid groups is 3. The molecule has 5 unspecified atom stereocenters. The van der Waals surface area contributed by atoms with Gasteiger partial charge in [-0.25, -0.2) is 28.3 Å². The van der Waals surface area contributed by atoms with Crippen LogP contribution < -0.4 is 21.7 Å². The maximum Gasteiger partial charge on any atom is 0.490 e. The highest BCUT2D eigenvalue weighted by Crippen LogP contribution is 2.70. The number of aromatic nitrogens is 4. The van der Waals surface area contributed by atoms with Gasteiger partial charge in [0.2, 0.25) is 11.9 Å². The van der Waals surface area contributed by atoms with Crippen molar-refractivity contribution in [2.45, 2.75) is 63.4 Å². The molecule has 43 heteroatoms. The van der Waals surface area contributed by atoms with Crippen LogP contribution in [0.2, 0.25) is 0 Å². The fourth-order valence-electron chi connectivity index (χ4n) is 7.65. The fourth-order valence-corrected chi connectivity index (χ4v) is 12.8. The topological polar surface area (TPSA) is 494 Å². The Bertz CT molecular complexity index is 2500. The molecule has 94 heavy (non-hydrogen) atoms. The van der Waals surface area contributed by atoms with Crippen LogP contribution in [0, 0.1) is 0 Å². The highest BCUT2D eigenvalue weighted by molar-refractivity contribution is 7.70. The predicted octanol–water partition coefficient (Wildman–Crippen LogP) is 0.760. The first-order chi connectivity index (χ1) is 45.3. The Labute approximate surface area is 545 Å². The summed E-state index contributed by atoms with van der Waals surface area (Å²) in [4.78, 5) is 74.2. The third-order valence-electron chi connectivity index (χ3n) is 12.1. The number of carbonyl (C=O) groups is 1. The number of unbranched alkanes of at least 4 members (excludes halogenated alkanes) is 4. The van der Waals surface area contributed by atoms with E-state index in [1.165, 1.54) is 10.9 Å². The molecular weight excluding hydrogens is 1350 g/mol. The van der Waals surface area contributed by atoms with Gasteiger partial charge in [-0.05, 0) is 12.8 Å². The number of ether oxygens (including phenoxy) is 17. The van der Waals surface area contributed by atoms with E-state index in [9.17, 15) is 52.5 Å². The van der Waals surface area contributed by atoms with Crippen LogP contribution in [0.15, 0.2) is 11.1 Å². The first kappa shape index (κ1) is 85.7. The lowest BCUT2D eigenvalue weighted by molar-refractivity contribution is -0.122. The van der Waals surface area contributed by atoms with Gasteiger partial charge in [0, 0.05) is 33.0 Å². The minimum absolute atomic E-state index is 0.00128. The standard InChI is InChI=1S/C51H99N7O32P4/c1-70-11-12-72-15-16-74-19-20-76-23-24-78-27-28-80-31-32-82-35-36-84-39-40-85-38-37-83-34-33-81-30-29-79-26-25-77-22-21-75-18-17-73-14-13-71-10-7-46(60)53-8-5-3-2-4-6-9-55-91(62,63)88-93(66,67)90-94(68,69)89-92(64,65)86-42-45-44(59)41-47(87-45)58-43-54-48-49(58)56-51(52)57-50(48)61/h43-45,47,59H,2-42H2,1H3,(H,53,60)(H,64,65)(H,66,67)(H,68,69)(H2,55,62,63)(H3,52,56,57,61)/t44?,45-,47-/m1/s1. The van der Waals surface area contributed by atoms with Crippen LogP contribution in [0.5, 0.6) is 0 Å². The number of nitrogens with one attached hydrogen (secondary N) is 3. The zero-order chi connectivity index (χ0) is 68.3. The number of nitrogens with two attached hydrogens (primary N) is 1. The Balaban J connectivity index is 0.972. The summed E-state index contributed by atoms with van der Waals surface area (Å²) in [5.41, 5.74) is 4.85. The molecule has 0 saturated carbocycles. The second kappa shape index (κ2) is 53.4. The van der Waals surface area contributed by atoms with Crippen LogP contribution in [0.1, 0.15) is 51.2 Å². The monoisotopic (exact) mass is 1450 g/mol. The van der Waals surface area contributed by atoms with E-state index in [4.69, 9.17) is 86.3 Å². The zero-order valence-electron chi connectivity index (χ0n) is 53.3. The fraction of sp³-hybridized carbons (Fsp3) is 0.882. The number of aromatic amines is 1. The van der Waals surface area contributed by atoms with E-state index >= 15 is 0 Å². The zero-order valence-corrected chi connectivity index (χ0v) is 56.8. The molecule has 0 aromatic carbocycles. The van der Waals surface area contributed by atoms with Crippen LogP contribution in [0.3, 0.4) is 0 Å². The molecule has 0 spiro atoms. The van der Waals surface area contributed by atoms with E-state index in [0.29, 0.717) is 230 Å². The Morgan fingerprint density at radius 1 is 0.553 bits per heavy atom. The van der Waals surface area contributed by atoms with Gasteiger partial charge < -0.3 is 116 Å². The number of hydrogen-bond donors (Lipinski definition) is 9. The quantitative estimate of drug-likeness (QED) is 0.0326. The van der Waals surface area contributed by atoms with Gasteiger partial charge in [-0.3, -0.25) is 23.7 Å². The van der Waals surface area contributed by atoms with Crippen molar-refractivity contribution in [3.63, 3.8) is 0 Å². The summed E-state index contributed by atoms with van der Waals surface area (Å²) in [6.45, 7) is 13.1. The van der Waals surface area contributed by atoms with E-state index in [0.717, 1.165) is 0 Å². The molecule has 3 heterocycles. The number of hydrogen-bond acceptors (Lipinski definition) is 31. The number of imidazole rings is 1. The molecule has 1 aliphatic heterocycles. The Morgan fingerprint density at radius 3 is 1.33 bits per heavy atom. The van der Waals surface area contributed by atoms with Crippen LogP contribution in [0.25, 0.3) is 11.2 Å². The van der Waals surface area contributed by atoms with Gasteiger partial charge in [0.05, 0.1) is 224 Å². The van der Waals surface area contributed by atoms with E-state index in [-0.39, 0.29) is 55.4 Å². The summed E-state index contributed by atoms with van der Waals surface area (Å²) >= 11 is 0. The molecule has 1 aliphatic rings. The first-order valence-corrected chi connectivity index (χ1v) is 36.7. The van der Waals surface area contributed by atoms with Crippen molar-refractivity contribution in [2.24, 2.45) is 0 Å². The maximum absolute atomic E-state index is 12.5. The molecule has 0 aliphatic carbocycles. The molecule has 0 bridgehead atoms.